The first kappa shape index (κ1) is 10.4. The highest BCUT2D eigenvalue weighted by atomic mass is 14.6. The second-order valence-electron chi connectivity index (χ2n) is 3.63. The minimum absolute atomic E-state index is 1.02. The molecule has 2 heterocycles. The number of rotatable bonds is 0. The van der Waals surface area contributed by atoms with E-state index in [9.17, 15) is 0 Å². The Kier molecular flexibility index (Phi) is 2.98. The molecule has 0 saturated carbocycles. The molecular weight excluding hydrogens is 196 g/mol. The molecule has 78 valence electrons. The maximum absolute atomic E-state index is 4.04. The zero-order valence-electron chi connectivity index (χ0n) is 9.36. The van der Waals surface area contributed by atoms with Crippen LogP contribution in [0.25, 0.3) is 0 Å². The molecule has 2 aromatic heterocycles. The Morgan fingerprint density at radius 1 is 0.812 bits per heavy atom. The number of aryl methyl sites for hydroxylation is 2. The van der Waals surface area contributed by atoms with Crippen LogP contribution in [0.15, 0.2) is 36.9 Å². The summed E-state index contributed by atoms with van der Waals surface area (Å²) in [5.74, 6) is 6.30. The van der Waals surface area contributed by atoms with E-state index in [0.29, 0.717) is 0 Å². The van der Waals surface area contributed by atoms with Crippen molar-refractivity contribution in [3.63, 3.8) is 0 Å². The van der Waals surface area contributed by atoms with Crippen LogP contribution < -0.4 is 0 Å². The third kappa shape index (κ3) is 2.26. The molecule has 0 aliphatic rings. The van der Waals surface area contributed by atoms with Gasteiger partial charge in [-0.25, -0.2) is 0 Å². The molecule has 0 spiro atoms. The summed E-state index contributed by atoms with van der Waals surface area (Å²) < 4.78 is 0. The number of hydrogen-bond acceptors (Lipinski definition) is 2. The summed E-state index contributed by atoms with van der Waals surface area (Å²) in [4.78, 5) is 8.08. The topological polar surface area (TPSA) is 25.8 Å². The lowest BCUT2D eigenvalue weighted by Crippen LogP contribution is -1.85. The molecule has 2 heteroatoms. The molecule has 0 aliphatic heterocycles. The van der Waals surface area contributed by atoms with Crippen molar-refractivity contribution in [3.05, 3.63) is 59.2 Å². The standard InChI is InChI=1S/C14H12N2/c1-11-9-15-7-5-13(11)3-4-14-6-8-16-10-12(14)2/h5-10H,1-2H3. The Morgan fingerprint density at radius 2 is 1.25 bits per heavy atom. The van der Waals surface area contributed by atoms with Gasteiger partial charge in [-0.2, -0.15) is 0 Å². The van der Waals surface area contributed by atoms with Gasteiger partial charge >= 0.3 is 0 Å². The minimum atomic E-state index is 1.02. The van der Waals surface area contributed by atoms with Crippen LogP contribution in [0.1, 0.15) is 22.3 Å². The van der Waals surface area contributed by atoms with Gasteiger partial charge in [-0.15, -0.1) is 0 Å². The Bertz CT molecular complexity index is 513. The van der Waals surface area contributed by atoms with Crippen LogP contribution in [-0.2, 0) is 0 Å². The van der Waals surface area contributed by atoms with Crippen LogP contribution in [-0.4, -0.2) is 9.97 Å². The normalized spacial score (nSPS) is 9.38. The van der Waals surface area contributed by atoms with E-state index in [1.54, 1.807) is 12.4 Å². The molecule has 0 N–H and O–H groups in total. The number of aromatic nitrogens is 2. The third-order valence-electron chi connectivity index (χ3n) is 2.37. The maximum Gasteiger partial charge on any atom is 0.0309 e. The smallest absolute Gasteiger partial charge is 0.0309 e. The van der Waals surface area contributed by atoms with Crippen molar-refractivity contribution in [1.82, 2.24) is 9.97 Å². The molecule has 0 amide bonds. The molecule has 0 unspecified atom stereocenters. The summed E-state index contributed by atoms with van der Waals surface area (Å²) in [7, 11) is 0. The van der Waals surface area contributed by atoms with Crippen molar-refractivity contribution in [2.24, 2.45) is 0 Å². The van der Waals surface area contributed by atoms with Gasteiger partial charge in [0.25, 0.3) is 0 Å². The Balaban J connectivity index is 2.36. The van der Waals surface area contributed by atoms with Gasteiger partial charge in [-0.1, -0.05) is 11.8 Å². The van der Waals surface area contributed by atoms with E-state index >= 15 is 0 Å². The van der Waals surface area contributed by atoms with Crippen molar-refractivity contribution < 1.29 is 0 Å². The molecule has 16 heavy (non-hydrogen) atoms. The lowest BCUT2D eigenvalue weighted by molar-refractivity contribution is 1.25. The quantitative estimate of drug-likeness (QED) is 0.622. The molecule has 0 aliphatic carbocycles. The van der Waals surface area contributed by atoms with Crippen molar-refractivity contribution >= 4 is 0 Å². The molecule has 0 fully saturated rings. The first-order valence-electron chi connectivity index (χ1n) is 5.10. The van der Waals surface area contributed by atoms with Gasteiger partial charge in [-0.05, 0) is 37.1 Å². The van der Waals surface area contributed by atoms with Gasteiger partial charge in [0.2, 0.25) is 0 Å². The van der Waals surface area contributed by atoms with E-state index in [4.69, 9.17) is 0 Å². The van der Waals surface area contributed by atoms with Gasteiger partial charge in [0.1, 0.15) is 0 Å². The fourth-order valence-electron chi connectivity index (χ4n) is 1.36. The molecule has 2 rings (SSSR count). The minimum Gasteiger partial charge on any atom is -0.264 e. The molecule has 0 saturated heterocycles. The summed E-state index contributed by atoms with van der Waals surface area (Å²) in [6, 6.07) is 3.86. The molecule has 0 bridgehead atoms. The van der Waals surface area contributed by atoms with Crippen LogP contribution in [0, 0.1) is 25.7 Å². The van der Waals surface area contributed by atoms with Gasteiger partial charge in [-0.3, -0.25) is 9.97 Å². The second-order valence-corrected chi connectivity index (χ2v) is 3.63. The van der Waals surface area contributed by atoms with Crippen LogP contribution in [0.4, 0.5) is 0 Å². The summed E-state index contributed by atoms with van der Waals surface area (Å²) in [6.45, 7) is 4.02. The largest absolute Gasteiger partial charge is 0.264 e. The van der Waals surface area contributed by atoms with Crippen molar-refractivity contribution in [3.8, 4) is 11.8 Å². The Morgan fingerprint density at radius 3 is 1.62 bits per heavy atom. The number of hydrogen-bond donors (Lipinski definition) is 0. The first-order chi connectivity index (χ1) is 7.77. The lowest BCUT2D eigenvalue weighted by atomic mass is 10.1. The predicted molar refractivity (Wildman–Crippen MR) is 63.9 cm³/mol. The average Bonchev–Trinajstić information content (AvgIpc) is 2.30. The van der Waals surface area contributed by atoms with Gasteiger partial charge in [0.15, 0.2) is 0 Å². The summed E-state index contributed by atoms with van der Waals surface area (Å²) in [6.07, 6.45) is 7.17. The Labute approximate surface area is 95.4 Å². The van der Waals surface area contributed by atoms with Crippen molar-refractivity contribution in [2.75, 3.05) is 0 Å². The zero-order valence-corrected chi connectivity index (χ0v) is 9.36. The Hall–Kier alpha value is -2.14. The predicted octanol–water partition coefficient (Wildman–Crippen LogP) is 2.49. The molecule has 0 radical (unpaired) electrons. The van der Waals surface area contributed by atoms with Crippen LogP contribution in [0.3, 0.4) is 0 Å². The number of nitrogens with zero attached hydrogens (tertiary/aromatic N) is 2. The van der Waals surface area contributed by atoms with Crippen LogP contribution >= 0.6 is 0 Å². The SMILES string of the molecule is Cc1cnccc1C#Cc1ccncc1C. The molecule has 2 nitrogen and oxygen atoms in total. The zero-order chi connectivity index (χ0) is 11.4. The molecular formula is C14H12N2. The molecule has 2 aromatic rings. The highest BCUT2D eigenvalue weighted by Gasteiger charge is 1.94. The van der Waals surface area contributed by atoms with Gasteiger partial charge in [0, 0.05) is 35.9 Å². The van der Waals surface area contributed by atoms with E-state index in [1.807, 2.05) is 38.4 Å². The lowest BCUT2D eigenvalue weighted by Gasteiger charge is -1.96. The molecule has 0 aromatic carbocycles. The second kappa shape index (κ2) is 4.59. The summed E-state index contributed by atoms with van der Waals surface area (Å²) in [5, 5.41) is 0. The monoisotopic (exact) mass is 208 g/mol. The average molecular weight is 208 g/mol. The van der Waals surface area contributed by atoms with Crippen molar-refractivity contribution in [2.45, 2.75) is 13.8 Å². The molecule has 0 atom stereocenters. The van der Waals surface area contributed by atoms with E-state index in [-0.39, 0.29) is 0 Å². The fourth-order valence-corrected chi connectivity index (χ4v) is 1.36. The van der Waals surface area contributed by atoms with Gasteiger partial charge in [0.05, 0.1) is 0 Å². The van der Waals surface area contributed by atoms with Crippen LogP contribution in [0.5, 0.6) is 0 Å². The van der Waals surface area contributed by atoms with Crippen LogP contribution in [0.2, 0.25) is 0 Å². The highest BCUT2D eigenvalue weighted by molar-refractivity contribution is 5.46. The van der Waals surface area contributed by atoms with E-state index in [2.05, 4.69) is 21.8 Å². The van der Waals surface area contributed by atoms with E-state index < -0.39 is 0 Å². The summed E-state index contributed by atoms with van der Waals surface area (Å²) >= 11 is 0. The summed E-state index contributed by atoms with van der Waals surface area (Å²) in [5.41, 5.74) is 4.24. The fraction of sp³-hybridized carbons (Fsp3) is 0.143. The highest BCUT2D eigenvalue weighted by Crippen LogP contribution is 2.05. The first-order valence-corrected chi connectivity index (χ1v) is 5.10. The third-order valence-corrected chi connectivity index (χ3v) is 2.37. The number of pyridine rings is 2. The van der Waals surface area contributed by atoms with E-state index in [1.165, 1.54) is 0 Å². The van der Waals surface area contributed by atoms with Gasteiger partial charge < -0.3 is 0 Å². The van der Waals surface area contributed by atoms with E-state index in [0.717, 1.165) is 22.3 Å². The maximum atomic E-state index is 4.04. The van der Waals surface area contributed by atoms with Crippen molar-refractivity contribution in [1.29, 1.82) is 0 Å².